The van der Waals surface area contributed by atoms with Gasteiger partial charge in [0, 0.05) is 19.5 Å². The second-order valence-electron chi connectivity index (χ2n) is 5.16. The van der Waals surface area contributed by atoms with E-state index in [9.17, 15) is 14.4 Å². The number of rotatable bonds is 5. The summed E-state index contributed by atoms with van der Waals surface area (Å²) < 4.78 is 0. The molecule has 1 atom stereocenters. The van der Waals surface area contributed by atoms with Crippen LogP contribution < -0.4 is 0 Å². The largest absolute Gasteiger partial charge is 0.332 e. The SMILES string of the molecule is CC(=O)CCCCN1CC(=O)N2CCCC2C1=O. The van der Waals surface area contributed by atoms with Crippen molar-refractivity contribution in [2.45, 2.75) is 45.1 Å². The minimum Gasteiger partial charge on any atom is -0.332 e. The van der Waals surface area contributed by atoms with Gasteiger partial charge in [-0.25, -0.2) is 0 Å². The Bertz CT molecular complexity index is 367. The van der Waals surface area contributed by atoms with E-state index in [1.807, 2.05) is 0 Å². The Hall–Kier alpha value is -1.39. The zero-order chi connectivity index (χ0) is 13.1. The van der Waals surface area contributed by atoms with Gasteiger partial charge in [-0.1, -0.05) is 0 Å². The number of Topliss-reactive ketones (excluding diaryl/α,β-unsaturated/α-hetero) is 1. The van der Waals surface area contributed by atoms with E-state index in [4.69, 9.17) is 0 Å². The van der Waals surface area contributed by atoms with E-state index in [1.165, 1.54) is 0 Å². The Kier molecular flexibility index (Phi) is 3.99. The molecule has 2 fully saturated rings. The number of nitrogens with zero attached hydrogens (tertiary/aromatic N) is 2. The van der Waals surface area contributed by atoms with Crippen LogP contribution >= 0.6 is 0 Å². The summed E-state index contributed by atoms with van der Waals surface area (Å²) in [7, 11) is 0. The molecule has 100 valence electrons. The number of hydrogen-bond donors (Lipinski definition) is 0. The highest BCUT2D eigenvalue weighted by atomic mass is 16.2. The Morgan fingerprint density at radius 2 is 2.11 bits per heavy atom. The molecule has 2 aliphatic rings. The van der Waals surface area contributed by atoms with Gasteiger partial charge < -0.3 is 14.6 Å². The molecule has 2 rings (SSSR count). The number of unbranched alkanes of at least 4 members (excludes halogenated alkanes) is 1. The lowest BCUT2D eigenvalue weighted by Crippen LogP contribution is -2.57. The van der Waals surface area contributed by atoms with Crippen LogP contribution in [-0.2, 0) is 14.4 Å². The molecule has 5 heteroatoms. The van der Waals surface area contributed by atoms with Crippen LogP contribution in [-0.4, -0.2) is 53.1 Å². The molecule has 0 bridgehead atoms. The van der Waals surface area contributed by atoms with Crippen LogP contribution in [0.2, 0.25) is 0 Å². The fraction of sp³-hybridized carbons (Fsp3) is 0.769. The highest BCUT2D eigenvalue weighted by Crippen LogP contribution is 2.23. The summed E-state index contributed by atoms with van der Waals surface area (Å²) >= 11 is 0. The van der Waals surface area contributed by atoms with Crippen LogP contribution in [0.5, 0.6) is 0 Å². The molecule has 0 aliphatic carbocycles. The predicted octanol–water partition coefficient (Wildman–Crippen LogP) is 0.579. The van der Waals surface area contributed by atoms with Crippen molar-refractivity contribution in [3.63, 3.8) is 0 Å². The highest BCUT2D eigenvalue weighted by Gasteiger charge is 2.41. The fourth-order valence-corrected chi connectivity index (χ4v) is 2.73. The number of fused-ring (bicyclic) bond motifs is 1. The van der Waals surface area contributed by atoms with E-state index < -0.39 is 0 Å². The van der Waals surface area contributed by atoms with Crippen LogP contribution in [0, 0.1) is 0 Å². The first-order valence-electron chi connectivity index (χ1n) is 6.67. The van der Waals surface area contributed by atoms with Gasteiger partial charge in [-0.3, -0.25) is 9.59 Å². The average molecular weight is 252 g/mol. The summed E-state index contributed by atoms with van der Waals surface area (Å²) in [6.45, 7) is 3.12. The van der Waals surface area contributed by atoms with Crippen molar-refractivity contribution in [2.24, 2.45) is 0 Å². The van der Waals surface area contributed by atoms with E-state index in [0.717, 1.165) is 32.2 Å². The van der Waals surface area contributed by atoms with Gasteiger partial charge in [0.15, 0.2) is 0 Å². The minimum atomic E-state index is -0.209. The van der Waals surface area contributed by atoms with Crippen LogP contribution in [0.25, 0.3) is 0 Å². The van der Waals surface area contributed by atoms with E-state index in [0.29, 0.717) is 13.0 Å². The van der Waals surface area contributed by atoms with Gasteiger partial charge in [0.2, 0.25) is 11.8 Å². The highest BCUT2D eigenvalue weighted by molar-refractivity contribution is 5.95. The van der Waals surface area contributed by atoms with Crippen molar-refractivity contribution in [1.29, 1.82) is 0 Å². The first-order chi connectivity index (χ1) is 8.59. The number of piperazine rings is 1. The first kappa shape index (κ1) is 13.1. The molecule has 0 N–H and O–H groups in total. The summed E-state index contributed by atoms with van der Waals surface area (Å²) in [4.78, 5) is 38.2. The number of carbonyl (C=O) groups is 3. The molecule has 0 aromatic heterocycles. The lowest BCUT2D eigenvalue weighted by atomic mass is 10.1. The van der Waals surface area contributed by atoms with Crippen molar-refractivity contribution >= 4 is 17.6 Å². The van der Waals surface area contributed by atoms with E-state index in [2.05, 4.69) is 0 Å². The zero-order valence-corrected chi connectivity index (χ0v) is 10.9. The monoisotopic (exact) mass is 252 g/mol. The first-order valence-corrected chi connectivity index (χ1v) is 6.67. The van der Waals surface area contributed by atoms with E-state index in [1.54, 1.807) is 16.7 Å². The predicted molar refractivity (Wildman–Crippen MR) is 65.8 cm³/mol. The smallest absolute Gasteiger partial charge is 0.245 e. The van der Waals surface area contributed by atoms with Gasteiger partial charge >= 0.3 is 0 Å². The standard InChI is InChI=1S/C13H20N2O3/c1-10(16)5-2-3-7-14-9-12(17)15-8-4-6-11(15)13(14)18/h11H,2-9H2,1H3. The third kappa shape index (κ3) is 2.71. The molecule has 2 aliphatic heterocycles. The van der Waals surface area contributed by atoms with Gasteiger partial charge in [-0.2, -0.15) is 0 Å². The molecular weight excluding hydrogens is 232 g/mol. The van der Waals surface area contributed by atoms with Crippen LogP contribution in [0.15, 0.2) is 0 Å². The maximum atomic E-state index is 12.1. The number of carbonyl (C=O) groups excluding carboxylic acids is 3. The van der Waals surface area contributed by atoms with Gasteiger partial charge in [0.25, 0.3) is 0 Å². The van der Waals surface area contributed by atoms with Gasteiger partial charge in [0.05, 0.1) is 6.54 Å². The van der Waals surface area contributed by atoms with Crippen LogP contribution in [0.4, 0.5) is 0 Å². The summed E-state index contributed by atoms with van der Waals surface area (Å²) in [5.41, 5.74) is 0. The zero-order valence-electron chi connectivity index (χ0n) is 10.9. The molecule has 18 heavy (non-hydrogen) atoms. The number of ketones is 1. The summed E-state index contributed by atoms with van der Waals surface area (Å²) in [6.07, 6.45) is 3.88. The maximum Gasteiger partial charge on any atom is 0.245 e. The normalized spacial score (nSPS) is 23.5. The lowest BCUT2D eigenvalue weighted by molar-refractivity contribution is -0.153. The second kappa shape index (κ2) is 5.50. The summed E-state index contributed by atoms with van der Waals surface area (Å²) in [6, 6.07) is -0.209. The molecule has 2 heterocycles. The fourth-order valence-electron chi connectivity index (χ4n) is 2.73. The van der Waals surface area contributed by atoms with Crippen LogP contribution in [0.1, 0.15) is 39.0 Å². The van der Waals surface area contributed by atoms with Crippen molar-refractivity contribution in [3.05, 3.63) is 0 Å². The van der Waals surface area contributed by atoms with Gasteiger partial charge in [-0.15, -0.1) is 0 Å². The quantitative estimate of drug-likeness (QED) is 0.672. The summed E-state index contributed by atoms with van der Waals surface area (Å²) in [5.74, 6) is 0.344. The Morgan fingerprint density at radius 3 is 2.83 bits per heavy atom. The van der Waals surface area contributed by atoms with Crippen LogP contribution in [0.3, 0.4) is 0 Å². The number of hydrogen-bond acceptors (Lipinski definition) is 3. The molecule has 0 spiro atoms. The average Bonchev–Trinajstić information content (AvgIpc) is 2.80. The van der Waals surface area contributed by atoms with E-state index in [-0.39, 0.29) is 30.2 Å². The van der Waals surface area contributed by atoms with Crippen molar-refractivity contribution in [1.82, 2.24) is 9.80 Å². The molecule has 2 saturated heterocycles. The molecule has 0 aromatic rings. The third-order valence-electron chi connectivity index (χ3n) is 3.70. The molecule has 0 saturated carbocycles. The Balaban J connectivity index is 1.84. The lowest BCUT2D eigenvalue weighted by Gasteiger charge is -2.36. The number of amides is 2. The van der Waals surface area contributed by atoms with Crippen molar-refractivity contribution < 1.29 is 14.4 Å². The molecule has 5 nitrogen and oxygen atoms in total. The maximum absolute atomic E-state index is 12.1. The molecule has 1 unspecified atom stereocenters. The summed E-state index contributed by atoms with van der Waals surface area (Å²) in [5, 5.41) is 0. The topological polar surface area (TPSA) is 57.7 Å². The molecule has 0 radical (unpaired) electrons. The van der Waals surface area contributed by atoms with Gasteiger partial charge in [0.1, 0.15) is 11.8 Å². The van der Waals surface area contributed by atoms with E-state index >= 15 is 0 Å². The van der Waals surface area contributed by atoms with Gasteiger partial charge in [-0.05, 0) is 32.6 Å². The third-order valence-corrected chi connectivity index (χ3v) is 3.70. The molecular formula is C13H20N2O3. The molecule has 0 aromatic carbocycles. The van der Waals surface area contributed by atoms with Crippen molar-refractivity contribution in [3.8, 4) is 0 Å². The Labute approximate surface area is 107 Å². The van der Waals surface area contributed by atoms with Crippen molar-refractivity contribution in [2.75, 3.05) is 19.6 Å². The Morgan fingerprint density at radius 1 is 1.33 bits per heavy atom. The molecule has 2 amide bonds. The second-order valence-corrected chi connectivity index (χ2v) is 5.16. The minimum absolute atomic E-state index is 0.0728.